The average Bonchev–Trinajstić information content (AvgIpc) is 1.62. The van der Waals surface area contributed by atoms with Crippen molar-refractivity contribution >= 4 is 68.6 Å². The second-order valence-corrected chi connectivity index (χ2v) is 12.4. The SMILES string of the molecule is CN([SiH](C)C)[Si](C)(C)C.[KH]. The van der Waals surface area contributed by atoms with Crippen LogP contribution in [0.25, 0.3) is 0 Å². The van der Waals surface area contributed by atoms with Crippen molar-refractivity contribution in [1.82, 2.24) is 4.23 Å². The summed E-state index contributed by atoms with van der Waals surface area (Å²) in [5.41, 5.74) is 0. The summed E-state index contributed by atoms with van der Waals surface area (Å²) in [6, 6.07) is 0. The summed E-state index contributed by atoms with van der Waals surface area (Å²) < 4.78 is 2.63. The first-order valence-corrected chi connectivity index (χ1v) is 9.86. The summed E-state index contributed by atoms with van der Waals surface area (Å²) in [5, 5.41) is 0. The molecule has 0 spiro atoms. The summed E-state index contributed by atoms with van der Waals surface area (Å²) in [6.45, 7) is 12.0. The quantitative estimate of drug-likeness (QED) is 0.605. The summed E-state index contributed by atoms with van der Waals surface area (Å²) in [6.07, 6.45) is 0. The Bertz CT molecular complexity index is 90.2. The molecule has 0 rings (SSSR count). The predicted octanol–water partition coefficient (Wildman–Crippen LogP) is 1.09. The molecular weight excluding hydrogens is 181 g/mol. The van der Waals surface area contributed by atoms with Crippen LogP contribution in [-0.4, -0.2) is 79.9 Å². The second-order valence-electron chi connectivity index (χ2n) is 3.88. The van der Waals surface area contributed by atoms with E-state index in [0.717, 1.165) is 0 Å². The van der Waals surface area contributed by atoms with E-state index in [4.69, 9.17) is 0 Å². The van der Waals surface area contributed by atoms with Crippen LogP contribution in [0, 0.1) is 0 Å². The van der Waals surface area contributed by atoms with Crippen LogP contribution in [0.1, 0.15) is 0 Å². The number of hydrogen-bond donors (Lipinski definition) is 0. The Balaban J connectivity index is 0. The third-order valence-corrected chi connectivity index (χ3v) is 9.37. The molecule has 0 saturated carbocycles. The van der Waals surface area contributed by atoms with Crippen molar-refractivity contribution in [3.63, 3.8) is 0 Å². The number of rotatable bonds is 2. The third kappa shape index (κ3) is 5.65. The van der Waals surface area contributed by atoms with Crippen molar-refractivity contribution < 1.29 is 0 Å². The number of hydrogen-bond acceptors (Lipinski definition) is 1. The van der Waals surface area contributed by atoms with Crippen molar-refractivity contribution in [2.45, 2.75) is 32.7 Å². The van der Waals surface area contributed by atoms with Gasteiger partial charge in [-0.3, -0.25) is 0 Å². The van der Waals surface area contributed by atoms with Crippen LogP contribution >= 0.6 is 0 Å². The zero-order chi connectivity index (χ0) is 7.65. The fourth-order valence-electron chi connectivity index (χ4n) is 0.775. The summed E-state index contributed by atoms with van der Waals surface area (Å²) in [4.78, 5) is 0. The topological polar surface area (TPSA) is 3.24 Å². The van der Waals surface area contributed by atoms with E-state index in [9.17, 15) is 0 Å². The second kappa shape index (κ2) is 5.64. The molecule has 0 radical (unpaired) electrons. The Labute approximate surface area is 111 Å². The van der Waals surface area contributed by atoms with Crippen LogP contribution in [0.4, 0.5) is 0 Å². The van der Waals surface area contributed by atoms with Gasteiger partial charge in [-0.05, 0) is 7.05 Å². The molecule has 0 aliphatic heterocycles. The summed E-state index contributed by atoms with van der Waals surface area (Å²) in [5.74, 6) is 0. The molecule has 0 N–H and O–H groups in total. The van der Waals surface area contributed by atoms with Crippen LogP contribution < -0.4 is 0 Å². The summed E-state index contributed by atoms with van der Waals surface area (Å²) in [7, 11) is 0.858. The van der Waals surface area contributed by atoms with Gasteiger partial charge < -0.3 is 4.23 Å². The molecule has 4 heteroatoms. The van der Waals surface area contributed by atoms with Crippen molar-refractivity contribution in [3.05, 3.63) is 0 Å². The molecule has 0 saturated heterocycles. The maximum atomic E-state index is 2.63. The van der Waals surface area contributed by atoms with Gasteiger partial charge in [-0.1, -0.05) is 32.7 Å². The average molecular weight is 202 g/mol. The van der Waals surface area contributed by atoms with E-state index in [2.05, 4.69) is 44.0 Å². The van der Waals surface area contributed by atoms with Gasteiger partial charge >= 0.3 is 51.4 Å². The zero-order valence-electron chi connectivity index (χ0n) is 7.52. The molecule has 0 aromatic heterocycles. The molecule has 0 amide bonds. The first-order valence-electron chi connectivity index (χ1n) is 3.58. The van der Waals surface area contributed by atoms with Crippen molar-refractivity contribution in [3.8, 4) is 0 Å². The van der Waals surface area contributed by atoms with Gasteiger partial charge in [0.05, 0.1) is 8.96 Å². The first-order chi connectivity index (χ1) is 3.85. The molecule has 1 nitrogen and oxygen atoms in total. The van der Waals surface area contributed by atoms with E-state index in [-0.39, 0.29) is 51.4 Å². The minimum absolute atomic E-state index is 0. The van der Waals surface area contributed by atoms with E-state index in [0.29, 0.717) is 0 Å². The normalized spacial score (nSPS) is 12.0. The fraction of sp³-hybridized carbons (Fsp3) is 1.00. The first kappa shape index (κ1) is 14.5. The zero-order valence-corrected chi connectivity index (χ0v) is 9.68. The van der Waals surface area contributed by atoms with E-state index in [1.165, 1.54) is 0 Å². The van der Waals surface area contributed by atoms with Gasteiger partial charge in [-0.15, -0.1) is 0 Å². The van der Waals surface area contributed by atoms with E-state index in [1.54, 1.807) is 0 Å². The predicted molar refractivity (Wildman–Crippen MR) is 57.1 cm³/mol. The Morgan fingerprint density at radius 3 is 1.40 bits per heavy atom. The van der Waals surface area contributed by atoms with Gasteiger partial charge in [0, 0.05) is 0 Å². The molecule has 10 heavy (non-hydrogen) atoms. The monoisotopic (exact) mass is 201 g/mol. The molecule has 0 unspecified atom stereocenters. The Kier molecular flexibility index (Phi) is 8.20. The van der Waals surface area contributed by atoms with Crippen LogP contribution in [0.3, 0.4) is 0 Å². The van der Waals surface area contributed by atoms with Crippen LogP contribution in [0.5, 0.6) is 0 Å². The standard InChI is InChI=1S/C6H19NSi2.K.H/c1-7(8(2)3)9(4,5)6;;/h8H,1-6H3;;. The number of nitrogens with zero attached hydrogens (tertiary/aromatic N) is 1. The van der Waals surface area contributed by atoms with Gasteiger partial charge in [0.15, 0.2) is 0 Å². The molecule has 0 fully saturated rings. The van der Waals surface area contributed by atoms with Gasteiger partial charge in [0.2, 0.25) is 0 Å². The minimum atomic E-state index is -0.929. The van der Waals surface area contributed by atoms with E-state index < -0.39 is 17.2 Å². The van der Waals surface area contributed by atoms with Crippen LogP contribution in [0.2, 0.25) is 32.7 Å². The van der Waals surface area contributed by atoms with Gasteiger partial charge in [0.25, 0.3) is 0 Å². The molecule has 0 aliphatic carbocycles. The van der Waals surface area contributed by atoms with Crippen LogP contribution in [-0.2, 0) is 0 Å². The molecule has 0 aromatic rings. The van der Waals surface area contributed by atoms with Crippen molar-refractivity contribution in [2.24, 2.45) is 0 Å². The molecule has 0 atom stereocenters. The van der Waals surface area contributed by atoms with Gasteiger partial charge in [0.1, 0.15) is 8.24 Å². The van der Waals surface area contributed by atoms with Crippen molar-refractivity contribution in [1.29, 1.82) is 0 Å². The third-order valence-electron chi connectivity index (χ3n) is 1.83. The molecule has 0 bridgehead atoms. The fourth-order valence-corrected chi connectivity index (χ4v) is 6.97. The van der Waals surface area contributed by atoms with E-state index >= 15 is 0 Å². The van der Waals surface area contributed by atoms with E-state index in [1.807, 2.05) is 0 Å². The molecule has 0 aliphatic rings. The molecule has 0 heterocycles. The van der Waals surface area contributed by atoms with Crippen molar-refractivity contribution in [2.75, 3.05) is 7.05 Å². The van der Waals surface area contributed by atoms with Crippen LogP contribution in [0.15, 0.2) is 0 Å². The summed E-state index contributed by atoms with van der Waals surface area (Å²) >= 11 is 0. The Hall–Kier alpha value is 2.03. The van der Waals surface area contributed by atoms with Gasteiger partial charge in [-0.25, -0.2) is 0 Å². The Morgan fingerprint density at radius 2 is 1.40 bits per heavy atom. The Morgan fingerprint density at radius 1 is 1.10 bits per heavy atom. The molecular formula is C6H20KNSi2. The maximum absolute atomic E-state index is 2.63. The van der Waals surface area contributed by atoms with Gasteiger partial charge in [-0.2, -0.15) is 0 Å². The molecule has 58 valence electrons. The molecule has 0 aromatic carbocycles.